The number of para-hydroxylation sites is 1. The zero-order chi connectivity index (χ0) is 21.2. The largest absolute Gasteiger partial charge is 0.496 e. The molecular weight excluding hydrogens is 384 g/mol. The monoisotopic (exact) mass is 412 g/mol. The number of nitro benzene ring substituents is 1. The van der Waals surface area contributed by atoms with Crippen molar-refractivity contribution in [3.63, 3.8) is 0 Å². The lowest BCUT2D eigenvalue weighted by molar-refractivity contribution is -0.384. The van der Waals surface area contributed by atoms with Crippen LogP contribution >= 0.6 is 0 Å². The molecule has 0 spiro atoms. The maximum absolute atomic E-state index is 10.8. The van der Waals surface area contributed by atoms with Crippen LogP contribution in [0.3, 0.4) is 0 Å². The van der Waals surface area contributed by atoms with E-state index in [1.165, 1.54) is 12.1 Å². The summed E-state index contributed by atoms with van der Waals surface area (Å²) in [5, 5.41) is 17.6. The van der Waals surface area contributed by atoms with Gasteiger partial charge in [0, 0.05) is 37.7 Å². The molecule has 1 aliphatic heterocycles. The van der Waals surface area contributed by atoms with Crippen molar-refractivity contribution in [2.75, 3.05) is 33.4 Å². The predicted octanol–water partition coefficient (Wildman–Crippen LogP) is 2.92. The minimum absolute atomic E-state index is 0.0808. The minimum atomic E-state index is -0.400. The van der Waals surface area contributed by atoms with Crippen LogP contribution in [-0.4, -0.2) is 44.3 Å². The standard InChI is InChI=1S/C22H28N4O4/c1-29-21-5-3-2-4-19(21)10-12-23-22(25-15-18-11-13-30-16-18)24-14-17-6-8-20(9-7-17)26(27)28/h2-9,18H,10-16H2,1H3,(H2,23,24,25). The van der Waals surface area contributed by atoms with Gasteiger partial charge in [-0.2, -0.15) is 0 Å². The van der Waals surface area contributed by atoms with E-state index in [0.29, 0.717) is 19.0 Å². The summed E-state index contributed by atoms with van der Waals surface area (Å²) in [5.41, 5.74) is 2.12. The Morgan fingerprint density at radius 3 is 2.73 bits per heavy atom. The van der Waals surface area contributed by atoms with E-state index >= 15 is 0 Å². The van der Waals surface area contributed by atoms with Gasteiger partial charge in [-0.05, 0) is 30.0 Å². The van der Waals surface area contributed by atoms with Gasteiger partial charge in [0.25, 0.3) is 5.69 Å². The zero-order valence-electron chi connectivity index (χ0n) is 17.2. The highest BCUT2D eigenvalue weighted by Gasteiger charge is 2.16. The van der Waals surface area contributed by atoms with Gasteiger partial charge in [-0.15, -0.1) is 0 Å². The number of rotatable bonds is 9. The number of hydrogen-bond donors (Lipinski definition) is 2. The fraction of sp³-hybridized carbons (Fsp3) is 0.409. The van der Waals surface area contributed by atoms with E-state index in [0.717, 1.165) is 55.4 Å². The summed E-state index contributed by atoms with van der Waals surface area (Å²) in [6.07, 6.45) is 1.85. The smallest absolute Gasteiger partial charge is 0.269 e. The van der Waals surface area contributed by atoms with Gasteiger partial charge in [-0.1, -0.05) is 30.3 Å². The summed E-state index contributed by atoms with van der Waals surface area (Å²) in [6.45, 7) is 3.50. The summed E-state index contributed by atoms with van der Waals surface area (Å²) in [6, 6.07) is 14.4. The second-order valence-corrected chi connectivity index (χ2v) is 7.19. The van der Waals surface area contributed by atoms with Crippen LogP contribution in [0.15, 0.2) is 53.5 Å². The quantitative estimate of drug-likeness (QED) is 0.284. The number of nitrogens with zero attached hydrogens (tertiary/aromatic N) is 2. The molecule has 1 fully saturated rings. The first-order valence-electron chi connectivity index (χ1n) is 10.1. The second-order valence-electron chi connectivity index (χ2n) is 7.19. The highest BCUT2D eigenvalue weighted by Crippen LogP contribution is 2.17. The highest BCUT2D eigenvalue weighted by molar-refractivity contribution is 5.79. The number of methoxy groups -OCH3 is 1. The third-order valence-electron chi connectivity index (χ3n) is 5.03. The van der Waals surface area contributed by atoms with Crippen LogP contribution in [0.4, 0.5) is 5.69 Å². The molecule has 0 aliphatic carbocycles. The van der Waals surface area contributed by atoms with Crippen molar-refractivity contribution in [3.05, 3.63) is 69.8 Å². The highest BCUT2D eigenvalue weighted by atomic mass is 16.6. The Bertz CT molecular complexity index is 848. The summed E-state index contributed by atoms with van der Waals surface area (Å²) in [5.74, 6) is 2.07. The maximum Gasteiger partial charge on any atom is 0.269 e. The molecule has 0 saturated carbocycles. The normalized spacial score (nSPS) is 16.3. The molecule has 160 valence electrons. The van der Waals surface area contributed by atoms with Crippen LogP contribution in [-0.2, 0) is 17.7 Å². The number of aliphatic imine (C=N–C) groups is 1. The SMILES string of the molecule is COc1ccccc1CCNC(=NCc1ccc([N+](=O)[O-])cc1)NCC1CCOC1. The minimum Gasteiger partial charge on any atom is -0.496 e. The Hall–Kier alpha value is -3.13. The molecule has 0 amide bonds. The number of hydrogen-bond acceptors (Lipinski definition) is 5. The molecule has 1 heterocycles. The summed E-state index contributed by atoms with van der Waals surface area (Å²) in [4.78, 5) is 15.1. The lowest BCUT2D eigenvalue weighted by Crippen LogP contribution is -2.41. The van der Waals surface area contributed by atoms with Crippen LogP contribution in [0.2, 0.25) is 0 Å². The Morgan fingerprint density at radius 2 is 2.03 bits per heavy atom. The molecule has 3 rings (SSSR count). The Labute approximate surface area is 176 Å². The van der Waals surface area contributed by atoms with Crippen molar-refractivity contribution < 1.29 is 14.4 Å². The molecule has 8 nitrogen and oxygen atoms in total. The third-order valence-corrected chi connectivity index (χ3v) is 5.03. The van der Waals surface area contributed by atoms with Crippen molar-refractivity contribution >= 4 is 11.6 Å². The van der Waals surface area contributed by atoms with Crippen LogP contribution in [0.5, 0.6) is 5.75 Å². The Morgan fingerprint density at radius 1 is 1.23 bits per heavy atom. The molecule has 2 aromatic carbocycles. The van der Waals surface area contributed by atoms with Crippen molar-refractivity contribution in [2.45, 2.75) is 19.4 Å². The number of ether oxygens (including phenoxy) is 2. The van der Waals surface area contributed by atoms with Gasteiger partial charge in [0.15, 0.2) is 5.96 Å². The Kier molecular flexibility index (Phi) is 8.02. The lowest BCUT2D eigenvalue weighted by atomic mass is 10.1. The molecule has 0 bridgehead atoms. The van der Waals surface area contributed by atoms with Gasteiger partial charge < -0.3 is 20.1 Å². The summed E-state index contributed by atoms with van der Waals surface area (Å²) in [7, 11) is 1.68. The molecule has 8 heteroatoms. The van der Waals surface area contributed by atoms with E-state index in [1.807, 2.05) is 18.2 Å². The Balaban J connectivity index is 1.59. The summed E-state index contributed by atoms with van der Waals surface area (Å²) < 4.78 is 10.9. The number of non-ortho nitro benzene ring substituents is 1. The van der Waals surface area contributed by atoms with Gasteiger partial charge in [0.05, 0.1) is 25.2 Å². The molecule has 30 heavy (non-hydrogen) atoms. The molecule has 0 radical (unpaired) electrons. The average molecular weight is 412 g/mol. The zero-order valence-corrected chi connectivity index (χ0v) is 17.2. The molecule has 2 N–H and O–H groups in total. The molecule has 1 aliphatic rings. The number of nitrogens with one attached hydrogen (secondary N) is 2. The number of nitro groups is 1. The number of benzene rings is 2. The van der Waals surface area contributed by atoms with Crippen molar-refractivity contribution in [1.29, 1.82) is 0 Å². The molecule has 1 saturated heterocycles. The van der Waals surface area contributed by atoms with Crippen molar-refractivity contribution in [1.82, 2.24) is 10.6 Å². The van der Waals surface area contributed by atoms with E-state index < -0.39 is 4.92 Å². The first-order valence-corrected chi connectivity index (χ1v) is 10.1. The van der Waals surface area contributed by atoms with Crippen LogP contribution in [0, 0.1) is 16.0 Å². The summed E-state index contributed by atoms with van der Waals surface area (Å²) >= 11 is 0. The lowest BCUT2D eigenvalue weighted by Gasteiger charge is -2.16. The first kappa shape index (κ1) is 21.6. The van der Waals surface area contributed by atoms with Gasteiger partial charge >= 0.3 is 0 Å². The van der Waals surface area contributed by atoms with E-state index in [-0.39, 0.29) is 5.69 Å². The molecule has 1 atom stereocenters. The van der Waals surface area contributed by atoms with Gasteiger partial charge in [-0.3, -0.25) is 10.1 Å². The van der Waals surface area contributed by atoms with Gasteiger partial charge in [0.2, 0.25) is 0 Å². The van der Waals surface area contributed by atoms with Gasteiger partial charge in [0.1, 0.15) is 5.75 Å². The van der Waals surface area contributed by atoms with E-state index in [1.54, 1.807) is 19.2 Å². The molecular formula is C22H28N4O4. The third kappa shape index (κ3) is 6.45. The fourth-order valence-electron chi connectivity index (χ4n) is 3.28. The fourth-order valence-corrected chi connectivity index (χ4v) is 3.28. The van der Waals surface area contributed by atoms with Crippen molar-refractivity contribution in [2.24, 2.45) is 10.9 Å². The van der Waals surface area contributed by atoms with Crippen LogP contribution in [0.1, 0.15) is 17.5 Å². The van der Waals surface area contributed by atoms with Crippen molar-refractivity contribution in [3.8, 4) is 5.75 Å². The first-order chi connectivity index (χ1) is 14.7. The molecule has 1 unspecified atom stereocenters. The van der Waals surface area contributed by atoms with Crippen LogP contribution in [0.25, 0.3) is 0 Å². The number of guanidine groups is 1. The molecule has 0 aromatic heterocycles. The average Bonchev–Trinajstić information content (AvgIpc) is 3.29. The van der Waals surface area contributed by atoms with E-state index in [4.69, 9.17) is 9.47 Å². The topological polar surface area (TPSA) is 98.0 Å². The molecule has 2 aromatic rings. The second kappa shape index (κ2) is 11.2. The maximum atomic E-state index is 10.8. The van der Waals surface area contributed by atoms with E-state index in [9.17, 15) is 10.1 Å². The van der Waals surface area contributed by atoms with E-state index in [2.05, 4.69) is 21.7 Å². The van der Waals surface area contributed by atoms with Gasteiger partial charge in [-0.25, -0.2) is 4.99 Å². The predicted molar refractivity (Wildman–Crippen MR) is 116 cm³/mol. The van der Waals surface area contributed by atoms with Crippen LogP contribution < -0.4 is 15.4 Å².